The molecule has 0 saturated heterocycles. The van der Waals surface area contributed by atoms with Crippen molar-refractivity contribution in [1.29, 1.82) is 0 Å². The van der Waals surface area contributed by atoms with Gasteiger partial charge in [0.25, 0.3) is 0 Å². The van der Waals surface area contributed by atoms with Crippen LogP contribution in [0.25, 0.3) is 10.9 Å². The first-order chi connectivity index (χ1) is 9.13. The van der Waals surface area contributed by atoms with Crippen LogP contribution in [0, 0.1) is 0 Å². The lowest BCUT2D eigenvalue weighted by Gasteiger charge is -2.10. The first-order valence-corrected chi connectivity index (χ1v) is 5.96. The van der Waals surface area contributed by atoms with Crippen molar-refractivity contribution in [2.45, 2.75) is 13.3 Å². The third kappa shape index (κ3) is 2.93. The van der Waals surface area contributed by atoms with Crippen LogP contribution in [0.2, 0.25) is 0 Å². The molecule has 5 nitrogen and oxygen atoms in total. The molecule has 0 aliphatic heterocycles. The zero-order valence-corrected chi connectivity index (χ0v) is 10.8. The minimum absolute atomic E-state index is 0.123. The minimum Gasteiger partial charge on any atom is -0.497 e. The molecule has 1 N–H and O–H groups in total. The van der Waals surface area contributed by atoms with Crippen LogP contribution in [0.3, 0.4) is 0 Å². The normalized spacial score (nSPS) is 10.4. The molecule has 0 radical (unpaired) electrons. The first kappa shape index (κ1) is 13.1. The molecule has 100 valence electrons. The van der Waals surface area contributed by atoms with Gasteiger partial charge >= 0.3 is 5.97 Å². The molecule has 0 saturated carbocycles. The number of nitrogens with zero attached hydrogens (tertiary/aromatic N) is 1. The summed E-state index contributed by atoms with van der Waals surface area (Å²) < 4.78 is 10.7. The number of rotatable bonds is 5. The number of hydrogen-bond acceptors (Lipinski definition) is 4. The van der Waals surface area contributed by atoms with E-state index in [1.54, 1.807) is 25.3 Å². The minimum atomic E-state index is -0.914. The van der Waals surface area contributed by atoms with E-state index >= 15 is 0 Å². The van der Waals surface area contributed by atoms with Gasteiger partial charge in [0, 0.05) is 11.5 Å². The molecule has 5 heteroatoms. The van der Waals surface area contributed by atoms with Gasteiger partial charge in [-0.25, -0.2) is 0 Å². The van der Waals surface area contributed by atoms with Gasteiger partial charge in [-0.15, -0.1) is 0 Å². The number of aliphatic carboxylic acids is 1. The average Bonchev–Trinajstić information content (AvgIpc) is 2.38. The Morgan fingerprint density at radius 3 is 2.79 bits per heavy atom. The Morgan fingerprint density at radius 1 is 1.37 bits per heavy atom. The van der Waals surface area contributed by atoms with Crippen molar-refractivity contribution < 1.29 is 19.4 Å². The van der Waals surface area contributed by atoms with Crippen LogP contribution in [-0.4, -0.2) is 29.8 Å². The SMILES string of the molecule is CCOc1cc(CC(=O)O)nc2ccc(OC)cc12. The molecule has 0 fully saturated rings. The van der Waals surface area contributed by atoms with Gasteiger partial charge in [-0.2, -0.15) is 0 Å². The molecule has 0 unspecified atom stereocenters. The molecule has 0 bridgehead atoms. The number of pyridine rings is 1. The van der Waals surface area contributed by atoms with Crippen molar-refractivity contribution >= 4 is 16.9 Å². The van der Waals surface area contributed by atoms with E-state index < -0.39 is 5.97 Å². The molecule has 2 aromatic rings. The molecule has 0 spiro atoms. The Kier molecular flexibility index (Phi) is 3.85. The van der Waals surface area contributed by atoms with Crippen molar-refractivity contribution in [2.24, 2.45) is 0 Å². The van der Waals surface area contributed by atoms with E-state index in [1.807, 2.05) is 13.0 Å². The van der Waals surface area contributed by atoms with Crippen LogP contribution < -0.4 is 9.47 Å². The molecule has 1 aromatic carbocycles. The Morgan fingerprint density at radius 2 is 2.16 bits per heavy atom. The van der Waals surface area contributed by atoms with Crippen LogP contribution in [0.15, 0.2) is 24.3 Å². The zero-order valence-electron chi connectivity index (χ0n) is 10.8. The van der Waals surface area contributed by atoms with E-state index in [1.165, 1.54) is 0 Å². The summed E-state index contributed by atoms with van der Waals surface area (Å²) in [5.41, 5.74) is 1.18. The molecule has 0 aliphatic carbocycles. The second kappa shape index (κ2) is 5.56. The number of carboxylic acids is 1. The van der Waals surface area contributed by atoms with Gasteiger partial charge in [0.05, 0.1) is 31.3 Å². The molecule has 2 rings (SSSR count). The maximum absolute atomic E-state index is 10.8. The fourth-order valence-electron chi connectivity index (χ4n) is 1.87. The average molecular weight is 261 g/mol. The number of hydrogen-bond donors (Lipinski definition) is 1. The van der Waals surface area contributed by atoms with Crippen LogP contribution in [0.4, 0.5) is 0 Å². The number of aromatic nitrogens is 1. The van der Waals surface area contributed by atoms with Crippen molar-refractivity contribution in [3.05, 3.63) is 30.0 Å². The highest BCUT2D eigenvalue weighted by Gasteiger charge is 2.10. The van der Waals surface area contributed by atoms with Crippen LogP contribution >= 0.6 is 0 Å². The molecule has 0 atom stereocenters. The van der Waals surface area contributed by atoms with Gasteiger partial charge in [-0.05, 0) is 25.1 Å². The van der Waals surface area contributed by atoms with E-state index in [9.17, 15) is 4.79 Å². The molecule has 0 aliphatic rings. The fourth-order valence-corrected chi connectivity index (χ4v) is 1.87. The summed E-state index contributed by atoms with van der Waals surface area (Å²) in [6.45, 7) is 2.38. The van der Waals surface area contributed by atoms with Gasteiger partial charge in [0.1, 0.15) is 11.5 Å². The van der Waals surface area contributed by atoms with Gasteiger partial charge in [0.2, 0.25) is 0 Å². The quantitative estimate of drug-likeness (QED) is 0.894. The molecule has 19 heavy (non-hydrogen) atoms. The van der Waals surface area contributed by atoms with Crippen molar-refractivity contribution in [3.63, 3.8) is 0 Å². The van der Waals surface area contributed by atoms with Crippen LogP contribution in [0.1, 0.15) is 12.6 Å². The molecule has 1 aromatic heterocycles. The number of methoxy groups -OCH3 is 1. The van der Waals surface area contributed by atoms with Crippen molar-refractivity contribution in [1.82, 2.24) is 4.98 Å². The highest BCUT2D eigenvalue weighted by atomic mass is 16.5. The summed E-state index contributed by atoms with van der Waals surface area (Å²) in [5, 5.41) is 9.66. The maximum Gasteiger partial charge on any atom is 0.309 e. The number of benzene rings is 1. The lowest BCUT2D eigenvalue weighted by atomic mass is 10.1. The molecule has 1 heterocycles. The van der Waals surface area contributed by atoms with Gasteiger partial charge in [-0.3, -0.25) is 9.78 Å². The molecular formula is C14H15NO4. The summed E-state index contributed by atoms with van der Waals surface area (Å²) >= 11 is 0. The zero-order chi connectivity index (χ0) is 13.8. The van der Waals surface area contributed by atoms with Crippen LogP contribution in [0.5, 0.6) is 11.5 Å². The van der Waals surface area contributed by atoms with E-state index in [0.717, 1.165) is 5.39 Å². The summed E-state index contributed by atoms with van der Waals surface area (Å²) in [6, 6.07) is 7.08. The Hall–Kier alpha value is -2.30. The predicted octanol–water partition coefficient (Wildman–Crippen LogP) is 2.27. The fraction of sp³-hybridized carbons (Fsp3) is 0.286. The lowest BCUT2D eigenvalue weighted by Crippen LogP contribution is -2.04. The van der Waals surface area contributed by atoms with Gasteiger partial charge in [-0.1, -0.05) is 0 Å². The number of ether oxygens (including phenoxy) is 2. The van der Waals surface area contributed by atoms with Crippen molar-refractivity contribution in [2.75, 3.05) is 13.7 Å². The smallest absolute Gasteiger partial charge is 0.309 e. The highest BCUT2D eigenvalue weighted by molar-refractivity contribution is 5.87. The summed E-state index contributed by atoms with van der Waals surface area (Å²) in [5.74, 6) is 0.423. The largest absolute Gasteiger partial charge is 0.497 e. The van der Waals surface area contributed by atoms with Crippen LogP contribution in [-0.2, 0) is 11.2 Å². The highest BCUT2D eigenvalue weighted by Crippen LogP contribution is 2.29. The van der Waals surface area contributed by atoms with E-state index in [0.29, 0.717) is 29.3 Å². The summed E-state index contributed by atoms with van der Waals surface area (Å²) in [6.07, 6.45) is -0.123. The third-order valence-electron chi connectivity index (χ3n) is 2.66. The van der Waals surface area contributed by atoms with E-state index in [-0.39, 0.29) is 6.42 Å². The van der Waals surface area contributed by atoms with Gasteiger partial charge in [0.15, 0.2) is 0 Å². The lowest BCUT2D eigenvalue weighted by molar-refractivity contribution is -0.136. The second-order valence-electron chi connectivity index (χ2n) is 4.00. The summed E-state index contributed by atoms with van der Waals surface area (Å²) in [7, 11) is 1.59. The Bertz CT molecular complexity index is 610. The predicted molar refractivity (Wildman–Crippen MR) is 70.8 cm³/mol. The maximum atomic E-state index is 10.8. The molecule has 0 amide bonds. The topological polar surface area (TPSA) is 68.7 Å². The molecular weight excluding hydrogens is 246 g/mol. The number of carbonyl (C=O) groups is 1. The Balaban J connectivity index is 2.57. The monoisotopic (exact) mass is 261 g/mol. The van der Waals surface area contributed by atoms with E-state index in [2.05, 4.69) is 4.98 Å². The Labute approximate surface area is 110 Å². The number of carboxylic acid groups (broad SMARTS) is 1. The standard InChI is InChI=1S/C14H15NO4/c1-3-19-13-6-9(7-14(16)17)15-12-5-4-10(18-2)8-11(12)13/h4-6,8H,3,7H2,1-2H3,(H,16,17). The third-order valence-corrected chi connectivity index (χ3v) is 2.66. The second-order valence-corrected chi connectivity index (χ2v) is 4.00. The van der Waals surface area contributed by atoms with Crippen molar-refractivity contribution in [3.8, 4) is 11.5 Å². The van der Waals surface area contributed by atoms with E-state index in [4.69, 9.17) is 14.6 Å². The summed E-state index contributed by atoms with van der Waals surface area (Å²) in [4.78, 5) is 15.1. The number of fused-ring (bicyclic) bond motifs is 1. The first-order valence-electron chi connectivity index (χ1n) is 5.96. The van der Waals surface area contributed by atoms with Gasteiger partial charge < -0.3 is 14.6 Å².